The van der Waals surface area contributed by atoms with E-state index in [1.807, 2.05) is 48.5 Å². The lowest BCUT2D eigenvalue weighted by molar-refractivity contribution is 0.624. The molecule has 0 heterocycles. The predicted octanol–water partition coefficient (Wildman–Crippen LogP) is 6.69. The number of nitrogens with zero attached hydrogens (tertiary/aromatic N) is 1. The quantitative estimate of drug-likeness (QED) is 0.379. The van der Waals surface area contributed by atoms with Gasteiger partial charge in [-0.05, 0) is 48.0 Å². The minimum absolute atomic E-state index is 0.294. The Morgan fingerprint density at radius 2 is 1.64 bits per heavy atom. The van der Waals surface area contributed by atoms with Gasteiger partial charge >= 0.3 is 0 Å². The van der Waals surface area contributed by atoms with Crippen molar-refractivity contribution in [3.8, 4) is 6.07 Å². The van der Waals surface area contributed by atoms with Crippen molar-refractivity contribution in [1.82, 2.24) is 0 Å². The molecule has 25 heavy (non-hydrogen) atoms. The predicted molar refractivity (Wildman–Crippen MR) is 102 cm³/mol. The first-order valence-corrected chi connectivity index (χ1v) is 8.76. The Balaban J connectivity index is 1.99. The molecule has 0 aromatic heterocycles. The van der Waals surface area contributed by atoms with Crippen molar-refractivity contribution in [3.63, 3.8) is 0 Å². The Morgan fingerprint density at radius 3 is 2.36 bits per heavy atom. The maximum absolute atomic E-state index is 14.0. The molecule has 0 N–H and O–H groups in total. The van der Waals surface area contributed by atoms with Gasteiger partial charge in [0.05, 0.1) is 11.6 Å². The Labute approximate surface area is 155 Å². The summed E-state index contributed by atoms with van der Waals surface area (Å²) in [6.07, 6.45) is 1.72. The minimum atomic E-state index is -0.405. The van der Waals surface area contributed by atoms with Gasteiger partial charge in [0.15, 0.2) is 0 Å². The minimum Gasteiger partial charge on any atom is -0.206 e. The first-order valence-electron chi connectivity index (χ1n) is 7.56. The fourth-order valence-corrected chi connectivity index (χ4v) is 3.37. The van der Waals surface area contributed by atoms with E-state index in [0.717, 1.165) is 15.4 Å². The second-order valence-corrected chi connectivity index (χ2v) is 6.80. The highest BCUT2D eigenvalue weighted by Gasteiger charge is 2.09. The third kappa shape index (κ3) is 4.30. The van der Waals surface area contributed by atoms with Gasteiger partial charge in [-0.1, -0.05) is 59.8 Å². The molecule has 0 bridgehead atoms. The van der Waals surface area contributed by atoms with E-state index >= 15 is 0 Å². The average molecular weight is 366 g/mol. The van der Waals surface area contributed by atoms with E-state index in [1.54, 1.807) is 36.0 Å². The van der Waals surface area contributed by atoms with Crippen LogP contribution in [0.2, 0.25) is 5.02 Å². The van der Waals surface area contributed by atoms with E-state index in [2.05, 4.69) is 6.07 Å². The molecule has 0 saturated heterocycles. The summed E-state index contributed by atoms with van der Waals surface area (Å²) in [6.45, 7) is 0. The van der Waals surface area contributed by atoms with Gasteiger partial charge in [0.25, 0.3) is 0 Å². The van der Waals surface area contributed by atoms with Gasteiger partial charge in [-0.15, -0.1) is 0 Å². The van der Waals surface area contributed by atoms with Crippen LogP contribution in [0.4, 0.5) is 4.39 Å². The van der Waals surface area contributed by atoms with Crippen molar-refractivity contribution in [3.05, 3.63) is 94.8 Å². The number of allylic oxidation sites excluding steroid dienone is 1. The SMILES string of the molecule is N#CC(=Cc1ccccc1Sc1ccc(Cl)cc1)c1ccccc1F. The molecule has 122 valence electrons. The molecule has 1 nitrogen and oxygen atoms in total. The van der Waals surface area contributed by atoms with Crippen LogP contribution in [0.5, 0.6) is 0 Å². The zero-order valence-corrected chi connectivity index (χ0v) is 14.7. The molecule has 3 rings (SSSR count). The molecular formula is C21H13ClFNS. The van der Waals surface area contributed by atoms with E-state index < -0.39 is 5.82 Å². The number of rotatable bonds is 4. The van der Waals surface area contributed by atoms with Crippen LogP contribution in [-0.2, 0) is 0 Å². The van der Waals surface area contributed by atoms with Gasteiger partial charge in [-0.25, -0.2) is 4.39 Å². The lowest BCUT2D eigenvalue weighted by Gasteiger charge is -2.07. The van der Waals surface area contributed by atoms with Crippen LogP contribution in [0.3, 0.4) is 0 Å². The molecule has 3 aromatic rings. The molecule has 0 aliphatic carbocycles. The molecule has 0 aliphatic heterocycles. The van der Waals surface area contributed by atoms with Crippen molar-refractivity contribution in [2.24, 2.45) is 0 Å². The maximum atomic E-state index is 14.0. The first-order chi connectivity index (χ1) is 12.2. The molecule has 0 amide bonds. The Kier molecular flexibility index (Phi) is 5.55. The normalized spacial score (nSPS) is 11.2. The van der Waals surface area contributed by atoms with E-state index in [9.17, 15) is 9.65 Å². The van der Waals surface area contributed by atoms with Crippen LogP contribution in [0.25, 0.3) is 11.6 Å². The Hall–Kier alpha value is -2.54. The molecule has 0 spiro atoms. The summed E-state index contributed by atoms with van der Waals surface area (Å²) in [5.74, 6) is -0.405. The molecule has 4 heteroatoms. The van der Waals surface area contributed by atoms with Crippen LogP contribution < -0.4 is 0 Å². The average Bonchev–Trinajstić information content (AvgIpc) is 2.63. The molecule has 0 radical (unpaired) electrons. The Bertz CT molecular complexity index is 958. The summed E-state index contributed by atoms with van der Waals surface area (Å²) >= 11 is 7.49. The summed E-state index contributed by atoms with van der Waals surface area (Å²) < 4.78 is 14.0. The molecule has 0 aliphatic rings. The van der Waals surface area contributed by atoms with E-state index in [-0.39, 0.29) is 0 Å². The zero-order valence-electron chi connectivity index (χ0n) is 13.1. The molecular weight excluding hydrogens is 353 g/mol. The molecule has 0 unspecified atom stereocenters. The standard InChI is InChI=1S/C21H13ClFNS/c22-17-9-11-18(12-10-17)25-21-8-4-1-5-15(21)13-16(14-24)19-6-2-3-7-20(19)23/h1-13H. The Morgan fingerprint density at radius 1 is 0.960 bits per heavy atom. The van der Waals surface area contributed by atoms with Gasteiger partial charge < -0.3 is 0 Å². The third-order valence-corrected chi connectivity index (χ3v) is 4.90. The van der Waals surface area contributed by atoms with Gasteiger partial charge in [0.1, 0.15) is 5.82 Å². The zero-order chi connectivity index (χ0) is 17.6. The van der Waals surface area contributed by atoms with E-state index in [0.29, 0.717) is 16.2 Å². The summed E-state index contributed by atoms with van der Waals surface area (Å²) in [4.78, 5) is 2.02. The van der Waals surface area contributed by atoms with Crippen molar-refractivity contribution in [2.75, 3.05) is 0 Å². The number of benzene rings is 3. The molecule has 0 saturated carbocycles. The van der Waals surface area contributed by atoms with Crippen LogP contribution in [-0.4, -0.2) is 0 Å². The lowest BCUT2D eigenvalue weighted by atomic mass is 10.0. The third-order valence-electron chi connectivity index (χ3n) is 3.54. The smallest absolute Gasteiger partial charge is 0.131 e. The second kappa shape index (κ2) is 8.02. The second-order valence-electron chi connectivity index (χ2n) is 5.24. The number of nitriles is 1. The molecule has 0 fully saturated rings. The fourth-order valence-electron chi connectivity index (χ4n) is 2.33. The summed E-state index contributed by atoms with van der Waals surface area (Å²) in [6, 6.07) is 23.7. The van der Waals surface area contributed by atoms with Crippen LogP contribution in [0.15, 0.2) is 82.6 Å². The van der Waals surface area contributed by atoms with Crippen molar-refractivity contribution < 1.29 is 4.39 Å². The fraction of sp³-hybridized carbons (Fsp3) is 0. The maximum Gasteiger partial charge on any atom is 0.131 e. The van der Waals surface area contributed by atoms with Gasteiger partial charge in [-0.2, -0.15) is 5.26 Å². The van der Waals surface area contributed by atoms with Crippen molar-refractivity contribution in [1.29, 1.82) is 5.26 Å². The lowest BCUT2D eigenvalue weighted by Crippen LogP contribution is -1.88. The molecule has 0 atom stereocenters. The topological polar surface area (TPSA) is 23.8 Å². The highest BCUT2D eigenvalue weighted by molar-refractivity contribution is 7.99. The largest absolute Gasteiger partial charge is 0.206 e. The number of hydrogen-bond donors (Lipinski definition) is 0. The van der Waals surface area contributed by atoms with Gasteiger partial charge in [0, 0.05) is 20.4 Å². The van der Waals surface area contributed by atoms with E-state index in [1.165, 1.54) is 6.07 Å². The highest BCUT2D eigenvalue weighted by atomic mass is 35.5. The van der Waals surface area contributed by atoms with Gasteiger partial charge in [-0.3, -0.25) is 0 Å². The van der Waals surface area contributed by atoms with Crippen molar-refractivity contribution in [2.45, 2.75) is 9.79 Å². The van der Waals surface area contributed by atoms with Crippen LogP contribution in [0.1, 0.15) is 11.1 Å². The monoisotopic (exact) mass is 365 g/mol. The first kappa shape index (κ1) is 17.3. The van der Waals surface area contributed by atoms with Crippen LogP contribution >= 0.6 is 23.4 Å². The van der Waals surface area contributed by atoms with E-state index in [4.69, 9.17) is 11.6 Å². The summed E-state index contributed by atoms with van der Waals surface area (Å²) in [7, 11) is 0. The highest BCUT2D eigenvalue weighted by Crippen LogP contribution is 2.33. The molecule has 3 aromatic carbocycles. The van der Waals surface area contributed by atoms with Crippen molar-refractivity contribution >= 4 is 35.0 Å². The summed E-state index contributed by atoms with van der Waals surface area (Å²) in [5.41, 5.74) is 1.46. The number of halogens is 2. The summed E-state index contributed by atoms with van der Waals surface area (Å²) in [5, 5.41) is 10.2. The van der Waals surface area contributed by atoms with Gasteiger partial charge in [0.2, 0.25) is 0 Å². The number of hydrogen-bond acceptors (Lipinski definition) is 2. The van der Waals surface area contributed by atoms with Crippen LogP contribution in [0, 0.1) is 17.1 Å².